The topological polar surface area (TPSA) is 49.3 Å². The lowest BCUT2D eigenvalue weighted by Gasteiger charge is -2.21. The van der Waals surface area contributed by atoms with E-state index in [9.17, 15) is 4.79 Å². The largest absolute Gasteiger partial charge is 0.481 e. The summed E-state index contributed by atoms with van der Waals surface area (Å²) in [5, 5.41) is 12.5. The minimum absolute atomic E-state index is 0.394. The van der Waals surface area contributed by atoms with Crippen LogP contribution in [0.2, 0.25) is 0 Å². The summed E-state index contributed by atoms with van der Waals surface area (Å²) in [5.41, 5.74) is 2.16. The molecule has 0 aromatic heterocycles. The zero-order valence-electron chi connectivity index (χ0n) is 11.1. The van der Waals surface area contributed by atoms with Gasteiger partial charge < -0.3 is 10.4 Å². The number of rotatable bonds is 5. The van der Waals surface area contributed by atoms with Crippen LogP contribution >= 0.6 is 0 Å². The molecule has 2 N–H and O–H groups in total. The highest BCUT2D eigenvalue weighted by molar-refractivity contribution is 5.73. The number of nitrogens with one attached hydrogen (secondary N) is 1. The van der Waals surface area contributed by atoms with E-state index in [4.69, 9.17) is 5.11 Å². The highest BCUT2D eigenvalue weighted by Crippen LogP contribution is 2.31. The van der Waals surface area contributed by atoms with Crippen LogP contribution < -0.4 is 5.32 Å². The van der Waals surface area contributed by atoms with Crippen molar-refractivity contribution in [1.29, 1.82) is 0 Å². The maximum Gasteiger partial charge on any atom is 0.309 e. The number of carbonyl (C=O) groups is 1. The highest BCUT2D eigenvalue weighted by atomic mass is 16.4. The fourth-order valence-electron chi connectivity index (χ4n) is 2.44. The number of hydrogen-bond donors (Lipinski definition) is 2. The Labute approximate surface area is 108 Å². The third kappa shape index (κ3) is 2.72. The molecule has 0 bridgehead atoms. The third-order valence-corrected chi connectivity index (χ3v) is 3.85. The Kier molecular flexibility index (Phi) is 3.71. The van der Waals surface area contributed by atoms with Crippen molar-refractivity contribution >= 4 is 5.97 Å². The molecule has 0 saturated heterocycles. The molecule has 0 aliphatic heterocycles. The Morgan fingerprint density at radius 1 is 1.44 bits per heavy atom. The molecule has 18 heavy (non-hydrogen) atoms. The molecule has 2 rings (SSSR count). The zero-order chi connectivity index (χ0) is 13.2. The Balaban J connectivity index is 1.88. The smallest absolute Gasteiger partial charge is 0.309 e. The van der Waals surface area contributed by atoms with Crippen molar-refractivity contribution in [3.05, 3.63) is 35.4 Å². The molecular formula is C15H21NO2. The Bertz CT molecular complexity index is 440. The first kappa shape index (κ1) is 13.1. The molecule has 3 heteroatoms. The van der Waals surface area contributed by atoms with Crippen LogP contribution in [0.1, 0.15) is 43.9 Å². The van der Waals surface area contributed by atoms with Crippen LogP contribution in [0.3, 0.4) is 0 Å². The number of hydrogen-bond acceptors (Lipinski definition) is 2. The van der Waals surface area contributed by atoms with Crippen LogP contribution in [0.4, 0.5) is 0 Å². The van der Waals surface area contributed by atoms with E-state index >= 15 is 0 Å². The van der Waals surface area contributed by atoms with Gasteiger partial charge in [0.15, 0.2) is 0 Å². The molecule has 1 atom stereocenters. The standard InChI is InChI=1S/C15H21NO2/c1-15(2,14(17)18)9-10-16-13-8-7-11-5-3-4-6-12(11)13/h3-6,13,16H,7-10H2,1-2H3,(H,17,18). The molecule has 0 heterocycles. The Morgan fingerprint density at radius 2 is 2.17 bits per heavy atom. The van der Waals surface area contributed by atoms with E-state index in [0.29, 0.717) is 12.5 Å². The van der Waals surface area contributed by atoms with Gasteiger partial charge in [-0.05, 0) is 50.8 Å². The van der Waals surface area contributed by atoms with Crippen molar-refractivity contribution in [3.8, 4) is 0 Å². The van der Waals surface area contributed by atoms with E-state index in [1.165, 1.54) is 11.1 Å². The van der Waals surface area contributed by atoms with Crippen LogP contribution in [-0.4, -0.2) is 17.6 Å². The van der Waals surface area contributed by atoms with Gasteiger partial charge in [-0.2, -0.15) is 0 Å². The van der Waals surface area contributed by atoms with Crippen molar-refractivity contribution in [3.63, 3.8) is 0 Å². The zero-order valence-corrected chi connectivity index (χ0v) is 11.1. The Hall–Kier alpha value is -1.35. The first-order chi connectivity index (χ1) is 8.50. The summed E-state index contributed by atoms with van der Waals surface area (Å²) < 4.78 is 0. The lowest BCUT2D eigenvalue weighted by atomic mass is 9.89. The molecule has 1 unspecified atom stereocenters. The highest BCUT2D eigenvalue weighted by Gasteiger charge is 2.27. The summed E-state index contributed by atoms with van der Waals surface area (Å²) in [6.45, 7) is 4.30. The van der Waals surface area contributed by atoms with Gasteiger partial charge in [-0.15, -0.1) is 0 Å². The quantitative estimate of drug-likeness (QED) is 0.841. The molecule has 0 radical (unpaired) electrons. The molecule has 0 spiro atoms. The summed E-state index contributed by atoms with van der Waals surface area (Å²) in [5.74, 6) is -0.726. The fourth-order valence-corrected chi connectivity index (χ4v) is 2.44. The molecule has 98 valence electrons. The third-order valence-electron chi connectivity index (χ3n) is 3.85. The second-order valence-corrected chi connectivity index (χ2v) is 5.68. The van der Waals surface area contributed by atoms with Gasteiger partial charge in [0, 0.05) is 6.04 Å². The fraction of sp³-hybridized carbons (Fsp3) is 0.533. The molecule has 1 aromatic carbocycles. The maximum absolute atomic E-state index is 11.0. The van der Waals surface area contributed by atoms with Gasteiger partial charge in [0.1, 0.15) is 0 Å². The monoisotopic (exact) mass is 247 g/mol. The van der Waals surface area contributed by atoms with E-state index in [2.05, 4.69) is 29.6 Å². The molecular weight excluding hydrogens is 226 g/mol. The van der Waals surface area contributed by atoms with Gasteiger partial charge in [-0.25, -0.2) is 0 Å². The first-order valence-electron chi connectivity index (χ1n) is 6.55. The van der Waals surface area contributed by atoms with Gasteiger partial charge in [0.25, 0.3) is 0 Å². The number of carboxylic acid groups (broad SMARTS) is 1. The van der Waals surface area contributed by atoms with Gasteiger partial charge in [-0.1, -0.05) is 24.3 Å². The van der Waals surface area contributed by atoms with E-state index in [-0.39, 0.29) is 0 Å². The minimum Gasteiger partial charge on any atom is -0.481 e. The van der Waals surface area contributed by atoms with E-state index in [1.54, 1.807) is 13.8 Å². The second-order valence-electron chi connectivity index (χ2n) is 5.68. The average molecular weight is 247 g/mol. The van der Waals surface area contributed by atoms with Crippen molar-refractivity contribution < 1.29 is 9.90 Å². The first-order valence-corrected chi connectivity index (χ1v) is 6.55. The van der Waals surface area contributed by atoms with E-state index in [1.807, 2.05) is 0 Å². The maximum atomic E-state index is 11.0. The number of aryl methyl sites for hydroxylation is 1. The predicted molar refractivity (Wildman–Crippen MR) is 71.5 cm³/mol. The van der Waals surface area contributed by atoms with Crippen LogP contribution in [0.25, 0.3) is 0 Å². The number of fused-ring (bicyclic) bond motifs is 1. The predicted octanol–water partition coefficient (Wildman–Crippen LogP) is 2.76. The van der Waals surface area contributed by atoms with Gasteiger partial charge >= 0.3 is 5.97 Å². The van der Waals surface area contributed by atoms with Gasteiger partial charge in [0.2, 0.25) is 0 Å². The van der Waals surface area contributed by atoms with Crippen molar-refractivity contribution in [1.82, 2.24) is 5.32 Å². The molecule has 0 saturated carbocycles. The normalized spacial score (nSPS) is 18.7. The van der Waals surface area contributed by atoms with Crippen LogP contribution in [0.15, 0.2) is 24.3 Å². The van der Waals surface area contributed by atoms with Crippen LogP contribution in [-0.2, 0) is 11.2 Å². The van der Waals surface area contributed by atoms with E-state index in [0.717, 1.165) is 19.4 Å². The molecule has 0 amide bonds. The molecule has 0 fully saturated rings. The summed E-state index contributed by atoms with van der Waals surface area (Å²) >= 11 is 0. The summed E-state index contributed by atoms with van der Waals surface area (Å²) in [6.07, 6.45) is 2.89. The molecule has 3 nitrogen and oxygen atoms in total. The number of benzene rings is 1. The summed E-state index contributed by atoms with van der Waals surface area (Å²) in [6, 6.07) is 8.89. The Morgan fingerprint density at radius 3 is 2.89 bits per heavy atom. The summed E-state index contributed by atoms with van der Waals surface area (Å²) in [7, 11) is 0. The number of aliphatic carboxylic acids is 1. The van der Waals surface area contributed by atoms with Crippen molar-refractivity contribution in [2.45, 2.75) is 39.2 Å². The lowest BCUT2D eigenvalue weighted by molar-refractivity contribution is -0.147. The van der Waals surface area contributed by atoms with Crippen molar-refractivity contribution in [2.75, 3.05) is 6.54 Å². The molecule has 1 aliphatic carbocycles. The molecule has 1 aromatic rings. The van der Waals surface area contributed by atoms with Gasteiger partial charge in [0.05, 0.1) is 5.41 Å². The van der Waals surface area contributed by atoms with E-state index < -0.39 is 11.4 Å². The summed E-state index contributed by atoms with van der Waals surface area (Å²) in [4.78, 5) is 11.0. The van der Waals surface area contributed by atoms with Crippen LogP contribution in [0, 0.1) is 5.41 Å². The van der Waals surface area contributed by atoms with Crippen LogP contribution in [0.5, 0.6) is 0 Å². The second kappa shape index (κ2) is 5.11. The lowest BCUT2D eigenvalue weighted by Crippen LogP contribution is -2.30. The van der Waals surface area contributed by atoms with Gasteiger partial charge in [-0.3, -0.25) is 4.79 Å². The average Bonchev–Trinajstić information content (AvgIpc) is 2.72. The SMILES string of the molecule is CC(C)(CCNC1CCc2ccccc21)C(=O)O. The minimum atomic E-state index is -0.726. The molecule has 1 aliphatic rings. The number of carboxylic acids is 1. The van der Waals surface area contributed by atoms with Crippen molar-refractivity contribution in [2.24, 2.45) is 5.41 Å².